The molecular formula is C20H30FNOS. The van der Waals surface area contributed by atoms with Gasteiger partial charge in [-0.2, -0.15) is 3.89 Å². The fraction of sp³-hybridized carbons (Fsp3) is 0.750. The second kappa shape index (κ2) is 8.07. The highest BCUT2D eigenvalue weighted by Crippen LogP contribution is 2.46. The second-order valence-electron chi connectivity index (χ2n) is 7.72. The Bertz CT molecular complexity index is 548. The first-order valence-corrected chi connectivity index (χ1v) is 10.3. The van der Waals surface area contributed by atoms with Crippen LogP contribution in [0.1, 0.15) is 77.3 Å². The van der Waals surface area contributed by atoms with E-state index in [9.17, 15) is 3.89 Å². The first kappa shape index (κ1) is 18.0. The van der Waals surface area contributed by atoms with Crippen molar-refractivity contribution in [2.75, 3.05) is 6.61 Å². The number of ether oxygens (including phenoxy) is 1. The molecule has 1 aromatic heterocycles. The summed E-state index contributed by atoms with van der Waals surface area (Å²) < 4.78 is 19.3. The van der Waals surface area contributed by atoms with Crippen molar-refractivity contribution in [3.05, 3.63) is 17.8 Å². The van der Waals surface area contributed by atoms with Gasteiger partial charge in [0.2, 0.25) is 0 Å². The Morgan fingerprint density at radius 3 is 2.62 bits per heavy atom. The molecule has 2 atom stereocenters. The highest BCUT2D eigenvalue weighted by Gasteiger charge is 2.37. The van der Waals surface area contributed by atoms with Crippen molar-refractivity contribution in [1.29, 1.82) is 0 Å². The topological polar surface area (TPSA) is 22.1 Å². The van der Waals surface area contributed by atoms with Crippen molar-refractivity contribution in [2.24, 2.45) is 11.8 Å². The highest BCUT2D eigenvalue weighted by molar-refractivity contribution is 7.94. The van der Waals surface area contributed by atoms with Gasteiger partial charge in [-0.15, -0.1) is 0 Å². The molecule has 3 rings (SSSR count). The minimum atomic E-state index is 0.0965. The Morgan fingerprint density at radius 2 is 2.00 bits per heavy atom. The number of rotatable bonds is 7. The SMILES string of the molecule is CCC1CCCC(CC)(c2cc(OCC3CCC3)cc(SF)n2)C1. The van der Waals surface area contributed by atoms with Gasteiger partial charge in [0.15, 0.2) is 0 Å². The Balaban J connectivity index is 1.83. The predicted octanol–water partition coefficient (Wildman–Crippen LogP) is 6.49. The van der Waals surface area contributed by atoms with Gasteiger partial charge in [-0.3, -0.25) is 0 Å². The maximum Gasteiger partial charge on any atom is 0.133 e. The van der Waals surface area contributed by atoms with Crippen molar-refractivity contribution in [1.82, 2.24) is 4.98 Å². The van der Waals surface area contributed by atoms with Gasteiger partial charge in [0.25, 0.3) is 0 Å². The zero-order valence-corrected chi connectivity index (χ0v) is 15.8. The molecule has 0 bridgehead atoms. The summed E-state index contributed by atoms with van der Waals surface area (Å²) in [7, 11) is 0. The van der Waals surface area contributed by atoms with Gasteiger partial charge in [0.05, 0.1) is 12.3 Å². The molecule has 2 fully saturated rings. The van der Waals surface area contributed by atoms with Crippen LogP contribution in [0.3, 0.4) is 0 Å². The molecule has 0 aliphatic heterocycles. The van der Waals surface area contributed by atoms with Crippen LogP contribution in [-0.2, 0) is 5.41 Å². The molecule has 2 aliphatic rings. The number of aromatic nitrogens is 1. The molecule has 1 aromatic rings. The van der Waals surface area contributed by atoms with E-state index in [1.807, 2.05) is 0 Å². The average Bonchev–Trinajstić information content (AvgIpc) is 2.60. The summed E-state index contributed by atoms with van der Waals surface area (Å²) >= 11 is 0.240. The molecule has 1 heterocycles. The quantitative estimate of drug-likeness (QED) is 0.561. The smallest absolute Gasteiger partial charge is 0.133 e. The fourth-order valence-corrected chi connectivity index (χ4v) is 4.61. The van der Waals surface area contributed by atoms with Crippen molar-refractivity contribution in [2.45, 2.75) is 82.1 Å². The summed E-state index contributed by atoms with van der Waals surface area (Å²) in [5, 5.41) is 0.447. The van der Waals surface area contributed by atoms with Crippen LogP contribution in [0.25, 0.3) is 0 Å². The predicted molar refractivity (Wildman–Crippen MR) is 98.3 cm³/mol. The minimum Gasteiger partial charge on any atom is -0.493 e. The lowest BCUT2D eigenvalue weighted by molar-refractivity contribution is 0.177. The zero-order chi connectivity index (χ0) is 17.0. The third-order valence-corrected chi connectivity index (χ3v) is 6.68. The molecule has 0 amide bonds. The van der Waals surface area contributed by atoms with E-state index in [1.165, 1.54) is 44.9 Å². The molecular weight excluding hydrogens is 321 g/mol. The van der Waals surface area contributed by atoms with Gasteiger partial charge in [0.1, 0.15) is 22.9 Å². The zero-order valence-electron chi connectivity index (χ0n) is 15.0. The molecule has 134 valence electrons. The van der Waals surface area contributed by atoms with Crippen molar-refractivity contribution in [3.63, 3.8) is 0 Å². The molecule has 0 aromatic carbocycles. The standard InChI is InChI=1S/C20H30FNOS/c1-3-15-9-6-10-20(4-2,13-15)18-11-17(12-19(22-18)24-21)23-14-16-7-5-8-16/h11-12,15-16H,3-10,13-14H2,1-2H3. The van der Waals surface area contributed by atoms with Crippen LogP contribution in [0.5, 0.6) is 5.75 Å². The summed E-state index contributed by atoms with van der Waals surface area (Å²) in [6, 6.07) is 3.86. The largest absolute Gasteiger partial charge is 0.493 e. The molecule has 2 saturated carbocycles. The van der Waals surface area contributed by atoms with E-state index in [4.69, 9.17) is 4.74 Å². The Morgan fingerprint density at radius 1 is 1.21 bits per heavy atom. The maximum absolute atomic E-state index is 13.3. The van der Waals surface area contributed by atoms with Crippen LogP contribution in [0, 0.1) is 11.8 Å². The molecule has 4 heteroatoms. The summed E-state index contributed by atoms with van der Waals surface area (Å²) in [5.41, 5.74) is 1.15. The number of nitrogens with zero attached hydrogens (tertiary/aromatic N) is 1. The number of halogens is 1. The number of hydrogen-bond acceptors (Lipinski definition) is 3. The first-order chi connectivity index (χ1) is 11.7. The lowest BCUT2D eigenvalue weighted by Crippen LogP contribution is -2.33. The molecule has 0 radical (unpaired) electrons. The summed E-state index contributed by atoms with van der Waals surface area (Å²) in [6.07, 6.45) is 11.0. The molecule has 2 unspecified atom stereocenters. The van der Waals surface area contributed by atoms with Crippen LogP contribution in [0.4, 0.5) is 3.89 Å². The van der Waals surface area contributed by atoms with E-state index in [0.717, 1.165) is 36.8 Å². The fourth-order valence-electron chi connectivity index (χ4n) is 4.32. The molecule has 2 nitrogen and oxygen atoms in total. The van der Waals surface area contributed by atoms with E-state index < -0.39 is 0 Å². The van der Waals surface area contributed by atoms with Crippen LogP contribution in [0.2, 0.25) is 0 Å². The Kier molecular flexibility index (Phi) is 6.07. The number of hydrogen-bond donors (Lipinski definition) is 0. The normalized spacial score (nSPS) is 27.7. The van der Waals surface area contributed by atoms with Gasteiger partial charge in [-0.05, 0) is 43.9 Å². The summed E-state index contributed by atoms with van der Waals surface area (Å²) in [6.45, 7) is 5.30. The van der Waals surface area contributed by atoms with E-state index in [-0.39, 0.29) is 17.6 Å². The lowest BCUT2D eigenvalue weighted by atomic mass is 9.65. The van der Waals surface area contributed by atoms with Gasteiger partial charge < -0.3 is 4.74 Å². The van der Waals surface area contributed by atoms with Gasteiger partial charge >= 0.3 is 0 Å². The van der Waals surface area contributed by atoms with E-state index in [2.05, 4.69) is 24.9 Å². The van der Waals surface area contributed by atoms with Crippen molar-refractivity contribution < 1.29 is 8.62 Å². The molecule has 0 saturated heterocycles. The molecule has 0 spiro atoms. The minimum absolute atomic E-state index is 0.0965. The maximum atomic E-state index is 13.3. The van der Waals surface area contributed by atoms with Gasteiger partial charge in [-0.1, -0.05) is 39.5 Å². The highest BCUT2D eigenvalue weighted by atomic mass is 32.2. The third kappa shape index (κ3) is 3.89. The third-order valence-electron chi connectivity index (χ3n) is 6.31. The van der Waals surface area contributed by atoms with Crippen LogP contribution in [0.15, 0.2) is 17.2 Å². The molecule has 24 heavy (non-hydrogen) atoms. The Hall–Kier alpha value is -0.770. The first-order valence-electron chi connectivity index (χ1n) is 9.63. The monoisotopic (exact) mass is 351 g/mol. The van der Waals surface area contributed by atoms with Crippen LogP contribution < -0.4 is 4.74 Å². The van der Waals surface area contributed by atoms with E-state index in [1.54, 1.807) is 6.07 Å². The molecule has 0 N–H and O–H groups in total. The van der Waals surface area contributed by atoms with Crippen molar-refractivity contribution in [3.8, 4) is 5.75 Å². The van der Waals surface area contributed by atoms with Gasteiger partial charge in [-0.25, -0.2) is 4.98 Å². The van der Waals surface area contributed by atoms with E-state index in [0.29, 0.717) is 10.9 Å². The van der Waals surface area contributed by atoms with Gasteiger partial charge in [0, 0.05) is 17.5 Å². The summed E-state index contributed by atoms with van der Waals surface area (Å²) in [5.74, 6) is 2.25. The average molecular weight is 352 g/mol. The lowest BCUT2D eigenvalue weighted by Gasteiger charge is -2.40. The van der Waals surface area contributed by atoms with Crippen LogP contribution in [-0.4, -0.2) is 11.6 Å². The van der Waals surface area contributed by atoms with Crippen molar-refractivity contribution >= 4 is 12.1 Å². The number of pyridine rings is 1. The Labute approximate surface area is 150 Å². The van der Waals surface area contributed by atoms with E-state index >= 15 is 0 Å². The summed E-state index contributed by atoms with van der Waals surface area (Å²) in [4.78, 5) is 4.66. The van der Waals surface area contributed by atoms with Crippen LogP contribution >= 0.6 is 12.1 Å². The molecule has 2 aliphatic carbocycles. The second-order valence-corrected chi connectivity index (χ2v) is 8.29.